The Kier molecular flexibility index (Phi) is 4.41. The smallest absolute Gasteiger partial charge is 0.176 e. The zero-order chi connectivity index (χ0) is 14.8. The molecule has 1 aromatic rings. The number of aryl methyl sites for hydroxylation is 2. The molecule has 1 aromatic carbocycles. The van der Waals surface area contributed by atoms with Gasteiger partial charge in [-0.3, -0.25) is 14.6 Å². The van der Waals surface area contributed by atoms with Crippen LogP contribution in [0.5, 0.6) is 0 Å². The molecular weight excluding hydrogens is 260 g/mol. The predicted octanol–water partition coefficient (Wildman–Crippen LogP) is 2.66. The highest BCUT2D eigenvalue weighted by atomic mass is 16.1. The van der Waals surface area contributed by atoms with E-state index in [9.17, 15) is 4.79 Å². The van der Waals surface area contributed by atoms with E-state index < -0.39 is 0 Å². The van der Waals surface area contributed by atoms with Crippen LogP contribution in [-0.2, 0) is 0 Å². The van der Waals surface area contributed by atoms with E-state index in [4.69, 9.17) is 0 Å². The summed E-state index contributed by atoms with van der Waals surface area (Å²) >= 11 is 0. The summed E-state index contributed by atoms with van der Waals surface area (Å²) in [6.45, 7) is 9.38. The van der Waals surface area contributed by atoms with Crippen molar-refractivity contribution in [3.05, 3.63) is 34.9 Å². The summed E-state index contributed by atoms with van der Waals surface area (Å²) < 4.78 is 0. The standard InChI is InChI=1S/C18H26N2O/c1-14-5-6-16(11-15(14)2)18(21)13-19-10-7-17(12-19)20-8-3-4-9-20/h5-6,11,17H,3-4,7-10,12-13H2,1-2H3. The molecule has 114 valence electrons. The first-order chi connectivity index (χ1) is 10.1. The summed E-state index contributed by atoms with van der Waals surface area (Å²) in [5.74, 6) is 0.264. The number of hydrogen-bond acceptors (Lipinski definition) is 3. The monoisotopic (exact) mass is 286 g/mol. The molecule has 3 heteroatoms. The van der Waals surface area contributed by atoms with E-state index in [-0.39, 0.29) is 5.78 Å². The maximum absolute atomic E-state index is 12.4. The minimum atomic E-state index is 0.264. The zero-order valence-corrected chi connectivity index (χ0v) is 13.3. The van der Waals surface area contributed by atoms with Gasteiger partial charge in [-0.15, -0.1) is 0 Å². The van der Waals surface area contributed by atoms with E-state index >= 15 is 0 Å². The van der Waals surface area contributed by atoms with Crippen molar-refractivity contribution in [3.63, 3.8) is 0 Å². The summed E-state index contributed by atoms with van der Waals surface area (Å²) in [5, 5.41) is 0. The summed E-state index contributed by atoms with van der Waals surface area (Å²) in [5.41, 5.74) is 3.32. The number of hydrogen-bond donors (Lipinski definition) is 0. The van der Waals surface area contributed by atoms with Crippen molar-refractivity contribution < 1.29 is 4.79 Å². The normalized spacial score (nSPS) is 23.8. The molecule has 0 aliphatic carbocycles. The fourth-order valence-corrected chi connectivity index (χ4v) is 3.57. The molecule has 2 fully saturated rings. The van der Waals surface area contributed by atoms with Gasteiger partial charge in [-0.2, -0.15) is 0 Å². The Balaban J connectivity index is 1.56. The molecule has 1 atom stereocenters. The molecule has 0 aromatic heterocycles. The maximum atomic E-state index is 12.4. The average Bonchev–Trinajstić information content (AvgIpc) is 3.12. The van der Waals surface area contributed by atoms with Crippen molar-refractivity contribution in [1.29, 1.82) is 0 Å². The third-order valence-electron chi connectivity index (χ3n) is 5.10. The first kappa shape index (κ1) is 14.7. The highest BCUT2D eigenvalue weighted by Crippen LogP contribution is 2.20. The van der Waals surface area contributed by atoms with Gasteiger partial charge in [-0.1, -0.05) is 12.1 Å². The molecule has 2 aliphatic heterocycles. The van der Waals surface area contributed by atoms with Crippen LogP contribution >= 0.6 is 0 Å². The number of benzene rings is 1. The number of nitrogens with zero attached hydrogens (tertiary/aromatic N) is 2. The molecule has 0 radical (unpaired) electrons. The van der Waals surface area contributed by atoms with E-state index in [0.717, 1.165) is 18.7 Å². The lowest BCUT2D eigenvalue weighted by molar-refractivity contribution is 0.0940. The van der Waals surface area contributed by atoms with Gasteiger partial charge in [-0.05, 0) is 63.4 Å². The van der Waals surface area contributed by atoms with Gasteiger partial charge in [0, 0.05) is 24.7 Å². The van der Waals surface area contributed by atoms with Gasteiger partial charge in [0.1, 0.15) is 0 Å². The third kappa shape index (κ3) is 3.35. The first-order valence-corrected chi connectivity index (χ1v) is 8.20. The van der Waals surface area contributed by atoms with Crippen molar-refractivity contribution in [2.45, 2.75) is 39.2 Å². The van der Waals surface area contributed by atoms with Crippen LogP contribution in [0.1, 0.15) is 40.7 Å². The lowest BCUT2D eigenvalue weighted by Crippen LogP contribution is -2.36. The molecular formula is C18H26N2O. The molecule has 3 rings (SSSR count). The Bertz CT molecular complexity index is 520. The van der Waals surface area contributed by atoms with Crippen LogP contribution in [0.15, 0.2) is 18.2 Å². The minimum Gasteiger partial charge on any atom is -0.299 e. The fourth-order valence-electron chi connectivity index (χ4n) is 3.57. The van der Waals surface area contributed by atoms with E-state index in [2.05, 4.69) is 29.7 Å². The second kappa shape index (κ2) is 6.29. The predicted molar refractivity (Wildman–Crippen MR) is 85.9 cm³/mol. The topological polar surface area (TPSA) is 23.6 Å². The number of carbonyl (C=O) groups is 1. The van der Waals surface area contributed by atoms with Crippen LogP contribution in [0.25, 0.3) is 0 Å². The largest absolute Gasteiger partial charge is 0.299 e. The lowest BCUT2D eigenvalue weighted by Gasteiger charge is -2.23. The second-order valence-corrected chi connectivity index (χ2v) is 6.64. The summed E-state index contributed by atoms with van der Waals surface area (Å²) in [6.07, 6.45) is 3.91. The van der Waals surface area contributed by atoms with Crippen molar-refractivity contribution in [3.8, 4) is 0 Å². The molecule has 2 heterocycles. The first-order valence-electron chi connectivity index (χ1n) is 8.20. The van der Waals surface area contributed by atoms with E-state index in [1.807, 2.05) is 12.1 Å². The number of likely N-dealkylation sites (tertiary alicyclic amines) is 2. The van der Waals surface area contributed by atoms with Crippen LogP contribution in [0.4, 0.5) is 0 Å². The highest BCUT2D eigenvalue weighted by Gasteiger charge is 2.30. The van der Waals surface area contributed by atoms with Crippen LogP contribution in [0.3, 0.4) is 0 Å². The highest BCUT2D eigenvalue weighted by molar-refractivity contribution is 5.97. The third-order valence-corrected chi connectivity index (χ3v) is 5.10. The quantitative estimate of drug-likeness (QED) is 0.795. The fraction of sp³-hybridized carbons (Fsp3) is 0.611. The Morgan fingerprint density at radius 1 is 1.14 bits per heavy atom. The molecule has 0 spiro atoms. The Morgan fingerprint density at radius 2 is 1.90 bits per heavy atom. The molecule has 0 bridgehead atoms. The summed E-state index contributed by atoms with van der Waals surface area (Å²) in [7, 11) is 0. The molecule has 0 N–H and O–H groups in total. The van der Waals surface area contributed by atoms with E-state index in [1.54, 1.807) is 0 Å². The maximum Gasteiger partial charge on any atom is 0.176 e. The summed E-state index contributed by atoms with van der Waals surface area (Å²) in [4.78, 5) is 17.4. The summed E-state index contributed by atoms with van der Waals surface area (Å²) in [6, 6.07) is 6.74. The van der Waals surface area contributed by atoms with Crippen LogP contribution in [0, 0.1) is 13.8 Å². The van der Waals surface area contributed by atoms with Crippen molar-refractivity contribution >= 4 is 5.78 Å². The van der Waals surface area contributed by atoms with Crippen LogP contribution < -0.4 is 0 Å². The molecule has 0 saturated carbocycles. The van der Waals surface area contributed by atoms with Gasteiger partial charge in [0.25, 0.3) is 0 Å². The number of ketones is 1. The second-order valence-electron chi connectivity index (χ2n) is 6.64. The molecule has 21 heavy (non-hydrogen) atoms. The van der Waals surface area contributed by atoms with Gasteiger partial charge < -0.3 is 0 Å². The average molecular weight is 286 g/mol. The van der Waals surface area contributed by atoms with Gasteiger partial charge >= 0.3 is 0 Å². The SMILES string of the molecule is Cc1ccc(C(=O)CN2CCC(N3CCCC3)C2)cc1C. The Hall–Kier alpha value is -1.19. The zero-order valence-electron chi connectivity index (χ0n) is 13.3. The Labute approximate surface area is 127 Å². The van der Waals surface area contributed by atoms with Crippen LogP contribution in [-0.4, -0.2) is 54.3 Å². The van der Waals surface area contributed by atoms with Gasteiger partial charge in [0.05, 0.1) is 6.54 Å². The number of Topliss-reactive ketones (excluding diaryl/α,β-unsaturated/α-hetero) is 1. The van der Waals surface area contributed by atoms with Gasteiger partial charge in [0.2, 0.25) is 0 Å². The molecule has 3 nitrogen and oxygen atoms in total. The molecule has 2 saturated heterocycles. The van der Waals surface area contributed by atoms with E-state index in [0.29, 0.717) is 12.6 Å². The van der Waals surface area contributed by atoms with Crippen LogP contribution in [0.2, 0.25) is 0 Å². The van der Waals surface area contributed by atoms with Gasteiger partial charge in [-0.25, -0.2) is 0 Å². The van der Waals surface area contributed by atoms with Crippen molar-refractivity contribution in [2.75, 3.05) is 32.7 Å². The number of rotatable bonds is 4. The number of carbonyl (C=O) groups excluding carboxylic acids is 1. The minimum absolute atomic E-state index is 0.264. The van der Waals surface area contributed by atoms with E-state index in [1.165, 1.54) is 43.5 Å². The van der Waals surface area contributed by atoms with Gasteiger partial charge in [0.15, 0.2) is 5.78 Å². The molecule has 0 amide bonds. The van der Waals surface area contributed by atoms with Crippen molar-refractivity contribution in [1.82, 2.24) is 9.80 Å². The lowest BCUT2D eigenvalue weighted by atomic mass is 10.0. The molecule has 1 unspecified atom stereocenters. The Morgan fingerprint density at radius 3 is 2.62 bits per heavy atom. The van der Waals surface area contributed by atoms with Crippen molar-refractivity contribution in [2.24, 2.45) is 0 Å². The molecule has 2 aliphatic rings.